The van der Waals surface area contributed by atoms with E-state index < -0.39 is 5.97 Å². The molecular formula is C14H12O5-2. The maximum Gasteiger partial charge on any atom is 0.335 e. The van der Waals surface area contributed by atoms with Crippen molar-refractivity contribution in [3.8, 4) is 17.2 Å². The molecule has 5 heteroatoms. The van der Waals surface area contributed by atoms with Crippen LogP contribution in [0, 0.1) is 6.92 Å². The fourth-order valence-corrected chi connectivity index (χ4v) is 1.32. The maximum atomic E-state index is 10.7. The molecule has 100 valence electrons. The molecule has 0 unspecified atom stereocenters. The molecule has 0 heterocycles. The van der Waals surface area contributed by atoms with Gasteiger partial charge in [-0.15, -0.1) is 11.5 Å². The van der Waals surface area contributed by atoms with Gasteiger partial charge in [0.05, 0.1) is 5.56 Å². The number of aromatic hydroxyl groups is 1. The highest BCUT2D eigenvalue weighted by Gasteiger charge is 2.03. The largest absolute Gasteiger partial charge is 0.872 e. The topological polar surface area (TPSA) is 104 Å². The van der Waals surface area contributed by atoms with E-state index in [-0.39, 0.29) is 22.8 Å². The molecular weight excluding hydrogens is 248 g/mol. The van der Waals surface area contributed by atoms with Gasteiger partial charge in [0.2, 0.25) is 0 Å². The zero-order valence-corrected chi connectivity index (χ0v) is 10.2. The number of hydrogen-bond donors (Lipinski definition) is 2. The Hall–Kier alpha value is -2.69. The van der Waals surface area contributed by atoms with E-state index in [1.807, 2.05) is 0 Å². The molecule has 2 rings (SSSR count). The van der Waals surface area contributed by atoms with Crippen molar-refractivity contribution in [3.05, 3.63) is 53.6 Å². The fourth-order valence-electron chi connectivity index (χ4n) is 1.32. The minimum absolute atomic E-state index is 0.0807. The molecule has 0 aliphatic heterocycles. The molecule has 2 aromatic carbocycles. The van der Waals surface area contributed by atoms with Crippen molar-refractivity contribution in [3.63, 3.8) is 0 Å². The van der Waals surface area contributed by atoms with Crippen LogP contribution in [0.25, 0.3) is 0 Å². The van der Waals surface area contributed by atoms with Gasteiger partial charge in [0, 0.05) is 0 Å². The van der Waals surface area contributed by atoms with Gasteiger partial charge in [-0.25, -0.2) is 4.79 Å². The maximum absolute atomic E-state index is 10.7. The van der Waals surface area contributed by atoms with Crippen molar-refractivity contribution < 1.29 is 25.2 Å². The second kappa shape index (κ2) is 6.30. The summed E-state index contributed by atoms with van der Waals surface area (Å²) >= 11 is 0. The number of hydrogen-bond acceptors (Lipinski definition) is 4. The Morgan fingerprint density at radius 2 is 1.53 bits per heavy atom. The number of carbonyl (C=O) groups is 1. The van der Waals surface area contributed by atoms with Gasteiger partial charge >= 0.3 is 5.97 Å². The van der Waals surface area contributed by atoms with Crippen LogP contribution < -0.4 is 10.2 Å². The van der Waals surface area contributed by atoms with Crippen molar-refractivity contribution in [2.24, 2.45) is 0 Å². The monoisotopic (exact) mass is 260 g/mol. The average Bonchev–Trinajstić information content (AvgIpc) is 2.33. The molecule has 0 fully saturated rings. The predicted molar refractivity (Wildman–Crippen MR) is 65.1 cm³/mol. The van der Waals surface area contributed by atoms with Crippen LogP contribution in [0.15, 0.2) is 42.5 Å². The van der Waals surface area contributed by atoms with Crippen molar-refractivity contribution in [2.45, 2.75) is 6.92 Å². The van der Waals surface area contributed by atoms with Crippen LogP contribution in [0.4, 0.5) is 0 Å². The molecule has 0 aromatic heterocycles. The van der Waals surface area contributed by atoms with E-state index in [1.54, 1.807) is 6.92 Å². The predicted octanol–water partition coefficient (Wildman–Crippen LogP) is 1.23. The first-order chi connectivity index (χ1) is 8.90. The second-order valence-electron chi connectivity index (χ2n) is 3.78. The highest BCUT2D eigenvalue weighted by molar-refractivity contribution is 5.89. The van der Waals surface area contributed by atoms with E-state index >= 15 is 0 Å². The van der Waals surface area contributed by atoms with Gasteiger partial charge in [0.25, 0.3) is 0 Å². The van der Waals surface area contributed by atoms with Crippen LogP contribution in [-0.2, 0) is 0 Å². The summed E-state index contributed by atoms with van der Waals surface area (Å²) in [5.74, 6) is -1.11. The lowest BCUT2D eigenvalue weighted by Crippen LogP contribution is -2.00. The SMILES string of the molecule is Cc1cc([O-])ccc1C(=O)O.[O-]c1ccc(O)cc1. The molecule has 19 heavy (non-hydrogen) atoms. The molecule has 0 amide bonds. The standard InChI is InChI=1S/C8H8O3.C6H6O2/c1-5-4-6(9)2-3-7(5)8(10)11;7-5-1-2-6(8)4-3-5/h2-4,9H,1H3,(H,10,11);1-4,7-8H/p-2. The zero-order chi connectivity index (χ0) is 14.4. The summed E-state index contributed by atoms with van der Waals surface area (Å²) in [6.45, 7) is 1.60. The van der Waals surface area contributed by atoms with Crippen LogP contribution in [0.5, 0.6) is 17.2 Å². The second-order valence-corrected chi connectivity index (χ2v) is 3.78. The molecule has 0 radical (unpaired) electrons. The summed E-state index contributed by atoms with van der Waals surface area (Å²) in [5, 5.41) is 38.2. The van der Waals surface area contributed by atoms with Crippen molar-refractivity contribution in [2.75, 3.05) is 0 Å². The van der Waals surface area contributed by atoms with Crippen LogP contribution in [0.1, 0.15) is 15.9 Å². The normalized spacial score (nSPS) is 9.32. The van der Waals surface area contributed by atoms with E-state index in [0.717, 1.165) is 0 Å². The number of aryl methyl sites for hydroxylation is 1. The van der Waals surface area contributed by atoms with Crippen LogP contribution in [0.2, 0.25) is 0 Å². The third-order valence-corrected chi connectivity index (χ3v) is 2.27. The molecule has 0 spiro atoms. The van der Waals surface area contributed by atoms with Gasteiger partial charge in [0.1, 0.15) is 5.75 Å². The smallest absolute Gasteiger partial charge is 0.335 e. The molecule has 0 atom stereocenters. The van der Waals surface area contributed by atoms with E-state index in [1.165, 1.54) is 42.5 Å². The lowest BCUT2D eigenvalue weighted by Gasteiger charge is -2.07. The summed E-state index contributed by atoms with van der Waals surface area (Å²) in [6.07, 6.45) is 0. The Labute approximate surface area is 110 Å². The van der Waals surface area contributed by atoms with Gasteiger partial charge < -0.3 is 20.4 Å². The first kappa shape index (κ1) is 14.4. The van der Waals surface area contributed by atoms with Gasteiger partial charge in [-0.3, -0.25) is 0 Å². The summed E-state index contributed by atoms with van der Waals surface area (Å²) in [7, 11) is 0. The van der Waals surface area contributed by atoms with Gasteiger partial charge in [-0.1, -0.05) is 24.3 Å². The lowest BCUT2D eigenvalue weighted by molar-refractivity contribution is -0.269. The number of benzene rings is 2. The number of carboxylic acids is 1. The number of carboxylic acid groups (broad SMARTS) is 1. The minimum Gasteiger partial charge on any atom is -0.872 e. The average molecular weight is 260 g/mol. The van der Waals surface area contributed by atoms with Crippen LogP contribution >= 0.6 is 0 Å². The Morgan fingerprint density at radius 1 is 1.00 bits per heavy atom. The van der Waals surface area contributed by atoms with E-state index in [4.69, 9.17) is 10.2 Å². The Bertz CT molecular complexity index is 540. The molecule has 2 N–H and O–H groups in total. The highest BCUT2D eigenvalue weighted by Crippen LogP contribution is 2.13. The minimum atomic E-state index is -0.998. The number of phenols is 1. The molecule has 5 nitrogen and oxygen atoms in total. The van der Waals surface area contributed by atoms with E-state index in [9.17, 15) is 15.0 Å². The van der Waals surface area contributed by atoms with Gasteiger partial charge in [-0.2, -0.15) is 0 Å². The zero-order valence-electron chi connectivity index (χ0n) is 10.2. The van der Waals surface area contributed by atoms with Gasteiger partial charge in [0.15, 0.2) is 0 Å². The van der Waals surface area contributed by atoms with Gasteiger partial charge in [-0.05, 0) is 30.7 Å². The first-order valence-electron chi connectivity index (χ1n) is 5.37. The molecule has 0 saturated carbocycles. The molecule has 0 aliphatic carbocycles. The Morgan fingerprint density at radius 3 is 1.95 bits per heavy atom. The summed E-state index contributed by atoms with van der Waals surface area (Å²) < 4.78 is 0. The van der Waals surface area contributed by atoms with E-state index in [0.29, 0.717) is 5.56 Å². The summed E-state index contributed by atoms with van der Waals surface area (Å²) in [6, 6.07) is 9.23. The summed E-state index contributed by atoms with van der Waals surface area (Å²) in [4.78, 5) is 10.4. The molecule has 2 aromatic rings. The highest BCUT2D eigenvalue weighted by atomic mass is 16.4. The van der Waals surface area contributed by atoms with Crippen molar-refractivity contribution in [1.82, 2.24) is 0 Å². The van der Waals surface area contributed by atoms with Crippen molar-refractivity contribution >= 4 is 5.97 Å². The Kier molecular flexibility index (Phi) is 4.76. The first-order valence-corrected chi connectivity index (χ1v) is 5.37. The molecule has 0 aliphatic rings. The third kappa shape index (κ3) is 4.59. The molecule has 0 bridgehead atoms. The fraction of sp³-hybridized carbons (Fsp3) is 0.0714. The number of aromatic carboxylic acids is 1. The van der Waals surface area contributed by atoms with E-state index in [2.05, 4.69) is 0 Å². The lowest BCUT2D eigenvalue weighted by atomic mass is 10.1. The van der Waals surface area contributed by atoms with Crippen LogP contribution in [-0.4, -0.2) is 16.2 Å². The number of rotatable bonds is 1. The number of phenolic OH excluding ortho intramolecular Hbond substituents is 1. The Balaban J connectivity index is 0.000000200. The molecule has 0 saturated heterocycles. The third-order valence-electron chi connectivity index (χ3n) is 2.27. The quantitative estimate of drug-likeness (QED) is 0.802. The summed E-state index contributed by atoms with van der Waals surface area (Å²) in [5.41, 5.74) is 0.689. The van der Waals surface area contributed by atoms with Crippen LogP contribution in [0.3, 0.4) is 0 Å². The van der Waals surface area contributed by atoms with Crippen molar-refractivity contribution in [1.29, 1.82) is 0 Å².